The molecular formula is C16H24NO4P. The fourth-order valence-corrected chi connectivity index (χ4v) is 5.56. The van der Waals surface area contributed by atoms with Crippen molar-refractivity contribution in [2.45, 2.75) is 39.0 Å². The zero-order valence-electron chi connectivity index (χ0n) is 13.4. The van der Waals surface area contributed by atoms with E-state index in [2.05, 4.69) is 13.8 Å². The molecule has 22 heavy (non-hydrogen) atoms. The van der Waals surface area contributed by atoms with Crippen molar-refractivity contribution in [1.29, 1.82) is 0 Å². The second-order valence-corrected chi connectivity index (χ2v) is 8.54. The van der Waals surface area contributed by atoms with Crippen LogP contribution in [-0.2, 0) is 13.8 Å². The molecular weight excluding hydrogens is 301 g/mol. The number of hydrogen-bond acceptors (Lipinski definition) is 5. The maximum absolute atomic E-state index is 13.3. The molecule has 0 amide bonds. The van der Waals surface area contributed by atoms with Gasteiger partial charge in [-0.25, -0.2) is 0 Å². The summed E-state index contributed by atoms with van der Waals surface area (Å²) in [5, 5.41) is 0. The minimum Gasteiger partial charge on any atom is -0.616 e. The van der Waals surface area contributed by atoms with Gasteiger partial charge in [-0.2, -0.15) is 9.05 Å². The van der Waals surface area contributed by atoms with Gasteiger partial charge in [0.25, 0.3) is 0 Å². The highest BCUT2D eigenvalue weighted by molar-refractivity contribution is 7.56. The SMILES string of the molecule is COC1CCCN1[P+]1([O-])OCC(C)(C)C(c2ccccc2)O1. The van der Waals surface area contributed by atoms with Gasteiger partial charge in [0.1, 0.15) is 18.9 Å². The molecule has 0 spiro atoms. The van der Waals surface area contributed by atoms with Crippen molar-refractivity contribution in [3.05, 3.63) is 35.9 Å². The number of ether oxygens (including phenoxy) is 1. The molecule has 2 aliphatic rings. The fourth-order valence-electron chi connectivity index (χ4n) is 3.15. The van der Waals surface area contributed by atoms with Crippen molar-refractivity contribution in [3.63, 3.8) is 0 Å². The molecule has 0 aliphatic carbocycles. The van der Waals surface area contributed by atoms with Crippen LogP contribution in [-0.4, -0.2) is 31.2 Å². The van der Waals surface area contributed by atoms with Crippen molar-refractivity contribution in [2.75, 3.05) is 20.3 Å². The topological polar surface area (TPSA) is 54.0 Å². The Morgan fingerprint density at radius 1 is 1.32 bits per heavy atom. The zero-order valence-corrected chi connectivity index (χ0v) is 14.3. The molecule has 0 N–H and O–H groups in total. The fraction of sp³-hybridized carbons (Fsp3) is 0.625. The molecule has 1 aromatic carbocycles. The van der Waals surface area contributed by atoms with Gasteiger partial charge in [-0.1, -0.05) is 44.2 Å². The van der Waals surface area contributed by atoms with Crippen molar-refractivity contribution >= 4 is 8.09 Å². The highest BCUT2D eigenvalue weighted by atomic mass is 31.2. The Morgan fingerprint density at radius 2 is 2.05 bits per heavy atom. The average Bonchev–Trinajstić information content (AvgIpc) is 3.00. The molecule has 2 fully saturated rings. The lowest BCUT2D eigenvalue weighted by atomic mass is 9.83. The van der Waals surface area contributed by atoms with Gasteiger partial charge in [0, 0.05) is 19.1 Å². The monoisotopic (exact) mass is 325 g/mol. The third kappa shape index (κ3) is 2.94. The second kappa shape index (κ2) is 6.16. The molecule has 2 saturated heterocycles. The van der Waals surface area contributed by atoms with Crippen LogP contribution in [0.3, 0.4) is 0 Å². The van der Waals surface area contributed by atoms with Gasteiger partial charge < -0.3 is 9.63 Å². The summed E-state index contributed by atoms with van der Waals surface area (Å²) in [5.74, 6) is 0. The molecule has 0 bridgehead atoms. The molecule has 0 aromatic heterocycles. The summed E-state index contributed by atoms with van der Waals surface area (Å²) >= 11 is 0. The van der Waals surface area contributed by atoms with E-state index in [1.165, 1.54) is 0 Å². The Hall–Kier alpha value is -0.550. The highest BCUT2D eigenvalue weighted by Crippen LogP contribution is 2.67. The summed E-state index contributed by atoms with van der Waals surface area (Å²) < 4.78 is 19.0. The Balaban J connectivity index is 1.87. The Labute approximate surface area is 132 Å². The van der Waals surface area contributed by atoms with E-state index in [0.717, 1.165) is 18.4 Å². The van der Waals surface area contributed by atoms with E-state index in [1.807, 2.05) is 30.3 Å². The van der Waals surface area contributed by atoms with Gasteiger partial charge in [0.15, 0.2) is 0 Å². The molecule has 2 heterocycles. The maximum atomic E-state index is 13.3. The van der Waals surface area contributed by atoms with E-state index in [1.54, 1.807) is 11.8 Å². The van der Waals surface area contributed by atoms with Crippen LogP contribution < -0.4 is 4.89 Å². The molecule has 3 atom stereocenters. The van der Waals surface area contributed by atoms with Crippen LogP contribution in [0.25, 0.3) is 0 Å². The van der Waals surface area contributed by atoms with E-state index < -0.39 is 8.09 Å². The van der Waals surface area contributed by atoms with E-state index >= 15 is 0 Å². The zero-order chi connectivity index (χ0) is 15.8. The molecule has 5 nitrogen and oxygen atoms in total. The highest BCUT2D eigenvalue weighted by Gasteiger charge is 2.55. The van der Waals surface area contributed by atoms with E-state index in [4.69, 9.17) is 13.8 Å². The number of nitrogens with zero attached hydrogens (tertiary/aromatic N) is 1. The Bertz CT molecular complexity index is 512. The summed E-state index contributed by atoms with van der Waals surface area (Å²) in [7, 11) is -1.69. The van der Waals surface area contributed by atoms with Crippen molar-refractivity contribution in [3.8, 4) is 0 Å². The minimum absolute atomic E-state index is 0.191. The first-order valence-electron chi connectivity index (χ1n) is 7.74. The van der Waals surface area contributed by atoms with Crippen LogP contribution in [0.2, 0.25) is 0 Å². The minimum atomic E-state index is -3.33. The predicted octanol–water partition coefficient (Wildman–Crippen LogP) is 2.91. The summed E-state index contributed by atoms with van der Waals surface area (Å²) in [6.07, 6.45) is 1.34. The molecule has 1 aromatic rings. The average molecular weight is 325 g/mol. The summed E-state index contributed by atoms with van der Waals surface area (Å²) in [5.41, 5.74) is 0.793. The number of methoxy groups -OCH3 is 1. The van der Waals surface area contributed by atoms with Gasteiger partial charge in [-0.15, -0.1) is 4.67 Å². The van der Waals surface area contributed by atoms with Crippen molar-refractivity contribution < 1.29 is 18.7 Å². The maximum Gasteiger partial charge on any atom is 0.318 e. The largest absolute Gasteiger partial charge is 0.616 e. The van der Waals surface area contributed by atoms with Gasteiger partial charge in [-0.05, 0) is 18.4 Å². The first-order chi connectivity index (χ1) is 10.5. The van der Waals surface area contributed by atoms with E-state index in [9.17, 15) is 4.89 Å². The van der Waals surface area contributed by atoms with E-state index in [-0.39, 0.29) is 17.7 Å². The molecule has 122 valence electrons. The number of benzene rings is 1. The molecule has 3 unspecified atom stereocenters. The number of hydrogen-bond donors (Lipinski definition) is 0. The summed E-state index contributed by atoms with van der Waals surface area (Å²) in [6.45, 7) is 5.23. The third-order valence-electron chi connectivity index (χ3n) is 4.41. The molecule has 3 rings (SSSR count). The van der Waals surface area contributed by atoms with Gasteiger partial charge in [-0.3, -0.25) is 0 Å². The standard InChI is InChI=1S/C16H24NO4P/c1-16(2)12-20-22(18,17-11-7-10-14(17)19-3)21-15(16)13-8-5-4-6-9-13/h4-6,8-9,14-15H,7,10-12H2,1-3H3. The summed E-state index contributed by atoms with van der Waals surface area (Å²) in [4.78, 5) is 13.3. The normalized spacial score (nSPS) is 35.6. The van der Waals surface area contributed by atoms with Gasteiger partial charge in [0.05, 0.1) is 0 Å². The predicted molar refractivity (Wildman–Crippen MR) is 83.7 cm³/mol. The smallest absolute Gasteiger partial charge is 0.318 e. The lowest BCUT2D eigenvalue weighted by molar-refractivity contribution is -0.265. The number of rotatable bonds is 3. The molecule has 0 saturated carbocycles. The first-order valence-corrected chi connectivity index (χ1v) is 9.24. The molecule has 6 heteroatoms. The van der Waals surface area contributed by atoms with Crippen LogP contribution in [0.15, 0.2) is 30.3 Å². The second-order valence-electron chi connectivity index (χ2n) is 6.62. The Morgan fingerprint density at radius 3 is 2.73 bits per heavy atom. The van der Waals surface area contributed by atoms with Gasteiger partial charge in [0.2, 0.25) is 0 Å². The summed E-state index contributed by atoms with van der Waals surface area (Å²) in [6, 6.07) is 9.95. The Kier molecular flexibility index (Phi) is 4.56. The van der Waals surface area contributed by atoms with Gasteiger partial charge >= 0.3 is 8.09 Å². The molecule has 0 radical (unpaired) electrons. The van der Waals surface area contributed by atoms with E-state index in [0.29, 0.717) is 13.2 Å². The van der Waals surface area contributed by atoms with Crippen LogP contribution >= 0.6 is 8.09 Å². The van der Waals surface area contributed by atoms with Crippen molar-refractivity contribution in [1.82, 2.24) is 4.67 Å². The van der Waals surface area contributed by atoms with Crippen molar-refractivity contribution in [2.24, 2.45) is 5.41 Å². The van der Waals surface area contributed by atoms with Crippen LogP contribution in [0.1, 0.15) is 38.4 Å². The van der Waals surface area contributed by atoms with Crippen LogP contribution in [0.5, 0.6) is 0 Å². The van der Waals surface area contributed by atoms with Crippen LogP contribution in [0.4, 0.5) is 0 Å². The van der Waals surface area contributed by atoms with Crippen LogP contribution in [0, 0.1) is 5.41 Å². The first kappa shape index (κ1) is 16.3. The molecule has 2 aliphatic heterocycles. The lowest BCUT2D eigenvalue weighted by Gasteiger charge is -2.46. The lowest BCUT2D eigenvalue weighted by Crippen LogP contribution is -2.46. The quantitative estimate of drug-likeness (QED) is 0.800. The third-order valence-corrected chi connectivity index (χ3v) is 6.43.